The molecule has 3 aromatic carbocycles. The molecule has 3 aromatic rings. The quantitative estimate of drug-likeness (QED) is 0.663. The highest BCUT2D eigenvalue weighted by Crippen LogP contribution is 2.21. The molecule has 132 valence electrons. The summed E-state index contributed by atoms with van der Waals surface area (Å²) < 4.78 is 0. The summed E-state index contributed by atoms with van der Waals surface area (Å²) in [5.41, 5.74) is 2.48. The van der Waals surface area contributed by atoms with Crippen molar-refractivity contribution in [3.05, 3.63) is 77.4 Å². The van der Waals surface area contributed by atoms with E-state index in [1.165, 1.54) is 34.2 Å². The van der Waals surface area contributed by atoms with Crippen LogP contribution >= 0.6 is 11.8 Å². The summed E-state index contributed by atoms with van der Waals surface area (Å²) in [6.45, 7) is 1.70. The third-order valence-corrected chi connectivity index (χ3v) is 5.16. The van der Waals surface area contributed by atoms with Crippen LogP contribution in [0.4, 0.5) is 5.69 Å². The topological polar surface area (TPSA) is 66.4 Å². The van der Waals surface area contributed by atoms with Crippen LogP contribution in [0.5, 0.6) is 0 Å². The molecular formula is C21H19NO3S. The average Bonchev–Trinajstić information content (AvgIpc) is 2.63. The molecule has 0 aliphatic rings. The molecule has 0 fully saturated rings. The zero-order chi connectivity index (χ0) is 18.5. The number of thioether (sulfide) groups is 1. The van der Waals surface area contributed by atoms with Crippen LogP contribution in [0.3, 0.4) is 0 Å². The van der Waals surface area contributed by atoms with Crippen LogP contribution < -0.4 is 5.32 Å². The monoisotopic (exact) mass is 365 g/mol. The highest BCUT2D eigenvalue weighted by atomic mass is 32.2. The van der Waals surface area contributed by atoms with Gasteiger partial charge >= 0.3 is 5.97 Å². The molecule has 0 unspecified atom stereocenters. The third kappa shape index (κ3) is 4.24. The molecule has 3 rings (SSSR count). The normalized spacial score (nSPS) is 10.7. The molecule has 26 heavy (non-hydrogen) atoms. The number of nitrogens with one attached hydrogen (secondary N) is 1. The number of rotatable bonds is 6. The summed E-state index contributed by atoms with van der Waals surface area (Å²) >= 11 is 1.53. The van der Waals surface area contributed by atoms with Crippen LogP contribution in [-0.2, 0) is 10.5 Å². The van der Waals surface area contributed by atoms with Gasteiger partial charge in [0.2, 0.25) is 5.91 Å². The maximum absolute atomic E-state index is 12.2. The van der Waals surface area contributed by atoms with Gasteiger partial charge in [-0.2, -0.15) is 0 Å². The van der Waals surface area contributed by atoms with Crippen molar-refractivity contribution < 1.29 is 14.7 Å². The summed E-state index contributed by atoms with van der Waals surface area (Å²) in [5.74, 6) is -0.0821. The van der Waals surface area contributed by atoms with Crippen molar-refractivity contribution in [2.24, 2.45) is 0 Å². The number of fused-ring (bicyclic) bond motifs is 1. The Kier molecular flexibility index (Phi) is 5.58. The van der Waals surface area contributed by atoms with Crippen LogP contribution in [0.1, 0.15) is 21.5 Å². The van der Waals surface area contributed by atoms with Gasteiger partial charge in [0.15, 0.2) is 0 Å². The van der Waals surface area contributed by atoms with Crippen molar-refractivity contribution in [3.63, 3.8) is 0 Å². The van der Waals surface area contributed by atoms with Gasteiger partial charge in [-0.25, -0.2) is 4.79 Å². The van der Waals surface area contributed by atoms with Crippen molar-refractivity contribution in [3.8, 4) is 0 Å². The minimum absolute atomic E-state index is 0.138. The standard InChI is InChI=1S/C21H19NO3S/c1-14-18(21(24)25)7-4-8-19(14)22-20(23)13-26-12-15-9-10-16-5-2-3-6-17(16)11-15/h2-11H,12-13H2,1H3,(H,22,23)(H,24,25). The molecule has 2 N–H and O–H groups in total. The zero-order valence-corrected chi connectivity index (χ0v) is 15.2. The maximum Gasteiger partial charge on any atom is 0.336 e. The number of carbonyl (C=O) groups is 2. The first-order valence-electron chi connectivity index (χ1n) is 8.23. The maximum atomic E-state index is 12.2. The lowest BCUT2D eigenvalue weighted by Crippen LogP contribution is -2.16. The van der Waals surface area contributed by atoms with Gasteiger partial charge in [-0.05, 0) is 41.0 Å². The molecule has 0 heterocycles. The first-order chi connectivity index (χ1) is 12.5. The van der Waals surface area contributed by atoms with Crippen LogP contribution in [0.25, 0.3) is 10.8 Å². The molecule has 0 aliphatic heterocycles. The minimum atomic E-state index is -0.996. The van der Waals surface area contributed by atoms with Gasteiger partial charge in [0.1, 0.15) is 0 Å². The number of carboxylic acids is 1. The molecule has 0 saturated heterocycles. The summed E-state index contributed by atoms with van der Waals surface area (Å²) in [5, 5.41) is 14.3. The second kappa shape index (κ2) is 8.06. The predicted octanol–water partition coefficient (Wildman–Crippen LogP) is 4.72. The van der Waals surface area contributed by atoms with Gasteiger partial charge < -0.3 is 10.4 Å². The first-order valence-corrected chi connectivity index (χ1v) is 9.38. The van der Waals surface area contributed by atoms with E-state index in [1.807, 2.05) is 12.1 Å². The Balaban J connectivity index is 1.57. The highest BCUT2D eigenvalue weighted by molar-refractivity contribution is 7.99. The molecule has 0 saturated carbocycles. The summed E-state index contributed by atoms with van der Waals surface area (Å²) in [6, 6.07) is 19.4. The Labute approximate surface area is 156 Å². The summed E-state index contributed by atoms with van der Waals surface area (Å²) in [7, 11) is 0. The average molecular weight is 365 g/mol. The fourth-order valence-corrected chi connectivity index (χ4v) is 3.55. The van der Waals surface area contributed by atoms with E-state index in [9.17, 15) is 9.59 Å². The second-order valence-corrected chi connectivity index (χ2v) is 6.99. The number of anilines is 1. The molecule has 0 bridgehead atoms. The summed E-state index contributed by atoms with van der Waals surface area (Å²) in [6.07, 6.45) is 0. The lowest BCUT2D eigenvalue weighted by molar-refractivity contribution is -0.113. The number of carbonyl (C=O) groups excluding carboxylic acids is 1. The SMILES string of the molecule is Cc1c(NC(=O)CSCc2ccc3ccccc3c2)cccc1C(=O)O. The molecule has 0 radical (unpaired) electrons. The van der Waals surface area contributed by atoms with E-state index >= 15 is 0 Å². The predicted molar refractivity (Wildman–Crippen MR) is 107 cm³/mol. The van der Waals surface area contributed by atoms with Gasteiger partial charge in [0, 0.05) is 11.4 Å². The number of hydrogen-bond donors (Lipinski definition) is 2. The van der Waals surface area contributed by atoms with Crippen molar-refractivity contribution in [2.75, 3.05) is 11.1 Å². The van der Waals surface area contributed by atoms with Crippen LogP contribution in [0.2, 0.25) is 0 Å². The van der Waals surface area contributed by atoms with E-state index < -0.39 is 5.97 Å². The molecule has 5 heteroatoms. The lowest BCUT2D eigenvalue weighted by Gasteiger charge is -2.10. The van der Waals surface area contributed by atoms with Crippen LogP contribution in [-0.4, -0.2) is 22.7 Å². The molecule has 0 spiro atoms. The van der Waals surface area contributed by atoms with E-state index in [0.29, 0.717) is 17.0 Å². The van der Waals surface area contributed by atoms with Crippen molar-refractivity contribution in [2.45, 2.75) is 12.7 Å². The summed E-state index contributed by atoms with van der Waals surface area (Å²) in [4.78, 5) is 23.3. The lowest BCUT2D eigenvalue weighted by atomic mass is 10.1. The Morgan fingerprint density at radius 3 is 2.54 bits per heavy atom. The molecule has 0 atom stereocenters. The number of carboxylic acid groups (broad SMARTS) is 1. The number of benzene rings is 3. The molecule has 0 aromatic heterocycles. The number of hydrogen-bond acceptors (Lipinski definition) is 3. The van der Waals surface area contributed by atoms with Gasteiger partial charge in [0.05, 0.1) is 11.3 Å². The Morgan fingerprint density at radius 2 is 1.77 bits per heavy atom. The van der Waals surface area contributed by atoms with Gasteiger partial charge in [0.25, 0.3) is 0 Å². The number of amides is 1. The molecule has 1 amide bonds. The Morgan fingerprint density at radius 1 is 1.00 bits per heavy atom. The van der Waals surface area contributed by atoms with Gasteiger partial charge in [-0.3, -0.25) is 4.79 Å². The molecular weight excluding hydrogens is 346 g/mol. The first kappa shape index (κ1) is 18.0. The second-order valence-electron chi connectivity index (χ2n) is 6.01. The van der Waals surface area contributed by atoms with Crippen molar-refractivity contribution in [1.29, 1.82) is 0 Å². The van der Waals surface area contributed by atoms with E-state index in [0.717, 1.165) is 5.75 Å². The fraction of sp³-hybridized carbons (Fsp3) is 0.143. The molecule has 0 aliphatic carbocycles. The van der Waals surface area contributed by atoms with E-state index in [4.69, 9.17) is 5.11 Å². The van der Waals surface area contributed by atoms with Crippen LogP contribution in [0, 0.1) is 6.92 Å². The van der Waals surface area contributed by atoms with Gasteiger partial charge in [-0.1, -0.05) is 48.5 Å². The van der Waals surface area contributed by atoms with Crippen molar-refractivity contribution >= 4 is 40.1 Å². The Bertz CT molecular complexity index is 968. The van der Waals surface area contributed by atoms with Crippen molar-refractivity contribution in [1.82, 2.24) is 0 Å². The Hall–Kier alpha value is -2.79. The third-order valence-electron chi connectivity index (χ3n) is 4.15. The van der Waals surface area contributed by atoms with Crippen LogP contribution in [0.15, 0.2) is 60.7 Å². The van der Waals surface area contributed by atoms with Gasteiger partial charge in [-0.15, -0.1) is 11.8 Å². The molecule has 4 nitrogen and oxygen atoms in total. The fourth-order valence-electron chi connectivity index (χ4n) is 2.78. The van der Waals surface area contributed by atoms with E-state index in [1.54, 1.807) is 19.1 Å². The highest BCUT2D eigenvalue weighted by Gasteiger charge is 2.12. The van der Waals surface area contributed by atoms with E-state index in [2.05, 4.69) is 35.6 Å². The largest absolute Gasteiger partial charge is 0.478 e. The van der Waals surface area contributed by atoms with E-state index in [-0.39, 0.29) is 11.5 Å². The zero-order valence-electron chi connectivity index (χ0n) is 14.4. The smallest absolute Gasteiger partial charge is 0.336 e. The number of aromatic carboxylic acids is 1. The minimum Gasteiger partial charge on any atom is -0.478 e.